The molecule has 0 saturated carbocycles. The second-order valence-corrected chi connectivity index (χ2v) is 4.92. The number of benzene rings is 1. The fourth-order valence-electron chi connectivity index (χ4n) is 1.82. The van der Waals surface area contributed by atoms with E-state index < -0.39 is 11.6 Å². The Labute approximate surface area is 109 Å². The van der Waals surface area contributed by atoms with E-state index >= 15 is 0 Å². The van der Waals surface area contributed by atoms with E-state index in [0.29, 0.717) is 13.1 Å². The van der Waals surface area contributed by atoms with Crippen LogP contribution in [0.4, 0.5) is 20.2 Å². The molecule has 0 spiro atoms. The molecule has 0 aliphatic heterocycles. The molecule has 1 aromatic heterocycles. The molecule has 2 rings (SSSR count). The summed E-state index contributed by atoms with van der Waals surface area (Å²) in [7, 11) is 0. The van der Waals surface area contributed by atoms with Gasteiger partial charge in [0.2, 0.25) is 0 Å². The third-order valence-corrected chi connectivity index (χ3v) is 3.59. The van der Waals surface area contributed by atoms with E-state index in [1.807, 2.05) is 24.4 Å². The van der Waals surface area contributed by atoms with Crippen LogP contribution in [0.5, 0.6) is 0 Å². The number of hydrogen-bond acceptors (Lipinski definition) is 3. The molecular weight excluding hydrogens is 254 g/mol. The molecule has 0 atom stereocenters. The Bertz CT molecular complexity index is 526. The van der Waals surface area contributed by atoms with Gasteiger partial charge in [-0.2, -0.15) is 0 Å². The summed E-state index contributed by atoms with van der Waals surface area (Å²) < 4.78 is 27.1. The van der Waals surface area contributed by atoms with Gasteiger partial charge in [0.1, 0.15) is 0 Å². The highest BCUT2D eigenvalue weighted by Gasteiger charge is 2.17. The van der Waals surface area contributed by atoms with Crippen molar-refractivity contribution in [2.75, 3.05) is 17.2 Å². The molecule has 0 aliphatic carbocycles. The van der Waals surface area contributed by atoms with E-state index in [2.05, 4.69) is 0 Å². The fourth-order valence-corrected chi connectivity index (χ4v) is 2.54. The highest BCUT2D eigenvalue weighted by Crippen LogP contribution is 2.30. The smallest absolute Gasteiger partial charge is 0.184 e. The minimum Gasteiger partial charge on any atom is -0.397 e. The highest BCUT2D eigenvalue weighted by atomic mass is 32.1. The Balaban J connectivity index is 2.35. The average Bonchev–Trinajstić information content (AvgIpc) is 2.86. The molecular formula is C13H14F2N2S. The minimum atomic E-state index is -0.881. The van der Waals surface area contributed by atoms with Crippen molar-refractivity contribution >= 4 is 22.7 Å². The third kappa shape index (κ3) is 2.46. The van der Waals surface area contributed by atoms with Crippen molar-refractivity contribution in [3.63, 3.8) is 0 Å². The van der Waals surface area contributed by atoms with Crippen LogP contribution in [0, 0.1) is 11.6 Å². The molecule has 0 unspecified atom stereocenters. The average molecular weight is 268 g/mol. The van der Waals surface area contributed by atoms with Crippen molar-refractivity contribution in [3.05, 3.63) is 46.2 Å². The zero-order valence-electron chi connectivity index (χ0n) is 9.99. The maximum absolute atomic E-state index is 13.8. The predicted molar refractivity (Wildman–Crippen MR) is 71.8 cm³/mol. The second-order valence-electron chi connectivity index (χ2n) is 3.89. The number of rotatable bonds is 4. The van der Waals surface area contributed by atoms with E-state index in [-0.39, 0.29) is 11.4 Å². The lowest BCUT2D eigenvalue weighted by molar-refractivity contribution is 0.506. The summed E-state index contributed by atoms with van der Waals surface area (Å²) in [6, 6.07) is 6.33. The van der Waals surface area contributed by atoms with Gasteiger partial charge in [-0.3, -0.25) is 0 Å². The SMILES string of the molecule is CCN(Cc1cccs1)c1c(N)ccc(F)c1F. The van der Waals surface area contributed by atoms with Crippen LogP contribution in [-0.4, -0.2) is 6.54 Å². The van der Waals surface area contributed by atoms with Gasteiger partial charge in [-0.25, -0.2) is 8.78 Å². The summed E-state index contributed by atoms with van der Waals surface area (Å²) in [6.45, 7) is 2.97. The highest BCUT2D eigenvalue weighted by molar-refractivity contribution is 7.09. The quantitative estimate of drug-likeness (QED) is 0.858. The first-order valence-corrected chi connectivity index (χ1v) is 6.52. The van der Waals surface area contributed by atoms with Crippen LogP contribution < -0.4 is 10.6 Å². The molecule has 0 radical (unpaired) electrons. The normalized spacial score (nSPS) is 10.6. The van der Waals surface area contributed by atoms with Gasteiger partial charge in [-0.1, -0.05) is 6.07 Å². The number of nitrogen functional groups attached to an aromatic ring is 1. The molecule has 1 aromatic carbocycles. The van der Waals surface area contributed by atoms with E-state index in [0.717, 1.165) is 10.9 Å². The molecule has 0 saturated heterocycles. The zero-order valence-corrected chi connectivity index (χ0v) is 10.8. The van der Waals surface area contributed by atoms with Crippen LogP contribution in [0.25, 0.3) is 0 Å². The summed E-state index contributed by atoms with van der Waals surface area (Å²) in [5.74, 6) is -1.75. The topological polar surface area (TPSA) is 29.3 Å². The van der Waals surface area contributed by atoms with E-state index in [9.17, 15) is 8.78 Å². The molecule has 2 aromatic rings. The second kappa shape index (κ2) is 5.35. The molecule has 2 N–H and O–H groups in total. The molecule has 0 fully saturated rings. The van der Waals surface area contributed by atoms with Gasteiger partial charge >= 0.3 is 0 Å². The lowest BCUT2D eigenvalue weighted by Crippen LogP contribution is -2.24. The Kier molecular flexibility index (Phi) is 3.81. The van der Waals surface area contributed by atoms with Gasteiger partial charge in [0.15, 0.2) is 11.6 Å². The van der Waals surface area contributed by atoms with Crippen molar-refractivity contribution in [1.29, 1.82) is 0 Å². The zero-order chi connectivity index (χ0) is 13.1. The van der Waals surface area contributed by atoms with E-state index in [1.54, 1.807) is 16.2 Å². The Morgan fingerprint density at radius 2 is 2.06 bits per heavy atom. The summed E-state index contributed by atoms with van der Waals surface area (Å²) in [6.07, 6.45) is 0. The third-order valence-electron chi connectivity index (χ3n) is 2.72. The lowest BCUT2D eigenvalue weighted by Gasteiger charge is -2.24. The van der Waals surface area contributed by atoms with Crippen LogP contribution in [0.1, 0.15) is 11.8 Å². The maximum atomic E-state index is 13.8. The van der Waals surface area contributed by atoms with Crippen LogP contribution in [0.15, 0.2) is 29.6 Å². The Hall–Kier alpha value is -1.62. The molecule has 96 valence electrons. The minimum absolute atomic E-state index is 0.144. The molecule has 18 heavy (non-hydrogen) atoms. The number of anilines is 2. The molecule has 0 amide bonds. The van der Waals surface area contributed by atoms with Crippen LogP contribution in [0.2, 0.25) is 0 Å². The first kappa shape index (κ1) is 12.8. The monoisotopic (exact) mass is 268 g/mol. The summed E-state index contributed by atoms with van der Waals surface area (Å²) in [4.78, 5) is 2.82. The lowest BCUT2D eigenvalue weighted by atomic mass is 10.2. The number of hydrogen-bond donors (Lipinski definition) is 1. The van der Waals surface area contributed by atoms with Crippen LogP contribution in [0.3, 0.4) is 0 Å². The van der Waals surface area contributed by atoms with Gasteiger partial charge in [-0.15, -0.1) is 11.3 Å². The Morgan fingerprint density at radius 3 is 2.67 bits per heavy atom. The Morgan fingerprint density at radius 1 is 1.28 bits per heavy atom. The molecule has 2 nitrogen and oxygen atoms in total. The van der Waals surface area contributed by atoms with Crippen molar-refractivity contribution in [3.8, 4) is 0 Å². The molecule has 1 heterocycles. The first-order chi connectivity index (χ1) is 8.63. The standard InChI is InChI=1S/C13H14F2N2S/c1-2-17(8-9-4-3-7-18-9)13-11(16)6-5-10(14)12(13)15/h3-7H,2,8,16H2,1H3. The predicted octanol–water partition coefficient (Wildman–Crippen LogP) is 3.64. The number of nitrogens with two attached hydrogens (primary N) is 1. The van der Waals surface area contributed by atoms with Crippen LogP contribution in [-0.2, 0) is 6.54 Å². The van der Waals surface area contributed by atoms with Gasteiger partial charge < -0.3 is 10.6 Å². The van der Waals surface area contributed by atoms with Crippen LogP contribution >= 0.6 is 11.3 Å². The van der Waals surface area contributed by atoms with Gasteiger partial charge in [-0.05, 0) is 30.5 Å². The van der Waals surface area contributed by atoms with Gasteiger partial charge in [0.25, 0.3) is 0 Å². The number of nitrogens with zero attached hydrogens (tertiary/aromatic N) is 1. The van der Waals surface area contributed by atoms with Crippen molar-refractivity contribution in [2.45, 2.75) is 13.5 Å². The van der Waals surface area contributed by atoms with Gasteiger partial charge in [0.05, 0.1) is 17.9 Å². The summed E-state index contributed by atoms with van der Waals surface area (Å²) in [5, 5.41) is 1.95. The number of thiophene rings is 1. The summed E-state index contributed by atoms with van der Waals surface area (Å²) >= 11 is 1.58. The van der Waals surface area contributed by atoms with Gasteiger partial charge in [0, 0.05) is 11.4 Å². The van der Waals surface area contributed by atoms with Crippen molar-refractivity contribution in [1.82, 2.24) is 0 Å². The summed E-state index contributed by atoms with van der Waals surface area (Å²) in [5.41, 5.74) is 6.15. The van der Waals surface area contributed by atoms with E-state index in [1.165, 1.54) is 6.07 Å². The molecule has 0 aliphatic rings. The van der Waals surface area contributed by atoms with Crippen molar-refractivity contribution < 1.29 is 8.78 Å². The maximum Gasteiger partial charge on any atom is 0.184 e. The van der Waals surface area contributed by atoms with E-state index in [4.69, 9.17) is 5.73 Å². The fraction of sp³-hybridized carbons (Fsp3) is 0.231. The molecule has 5 heteroatoms. The molecule has 0 bridgehead atoms. The first-order valence-electron chi connectivity index (χ1n) is 5.64. The largest absolute Gasteiger partial charge is 0.397 e. The number of halogens is 2. The van der Waals surface area contributed by atoms with Crippen molar-refractivity contribution in [2.24, 2.45) is 0 Å².